The number of methoxy groups -OCH3 is 1. The van der Waals surface area contributed by atoms with Gasteiger partial charge < -0.3 is 15.6 Å². The third-order valence-electron chi connectivity index (χ3n) is 3.76. The number of aryl methyl sites for hydroxylation is 1. The average molecular weight is 389 g/mol. The summed E-state index contributed by atoms with van der Waals surface area (Å²) in [4.78, 5) is 25.9. The number of aliphatic hydroxyl groups is 1. The number of nitrogen functional groups attached to an aromatic ring is 1. The van der Waals surface area contributed by atoms with E-state index >= 15 is 0 Å². The number of ether oxygens (including phenoxy) is 1. The van der Waals surface area contributed by atoms with Gasteiger partial charge in [-0.15, -0.1) is 0 Å². The molecule has 0 fully saturated rings. The monoisotopic (exact) mass is 389 g/mol. The van der Waals surface area contributed by atoms with Crippen molar-refractivity contribution in [3.05, 3.63) is 50.5 Å². The molecule has 1 unspecified atom stereocenters. The van der Waals surface area contributed by atoms with Crippen molar-refractivity contribution in [1.82, 2.24) is 9.55 Å². The van der Waals surface area contributed by atoms with Crippen LogP contribution in [0.1, 0.15) is 11.1 Å². The summed E-state index contributed by atoms with van der Waals surface area (Å²) < 4.78 is 45.2. The van der Waals surface area contributed by atoms with E-state index in [4.69, 9.17) is 18.0 Å². The lowest BCUT2D eigenvalue weighted by atomic mass is 9.94. The second-order valence-electron chi connectivity index (χ2n) is 5.34. The Hall–Kier alpha value is -2.66. The third kappa shape index (κ3) is 2.88. The Bertz CT molecular complexity index is 983. The first-order chi connectivity index (χ1) is 12.0. The van der Waals surface area contributed by atoms with E-state index in [0.29, 0.717) is 12.7 Å². The van der Waals surface area contributed by atoms with Crippen LogP contribution in [0, 0.1) is 11.7 Å². The number of hydrogen-bond acceptors (Lipinski definition) is 6. The molecule has 0 spiro atoms. The Balaban J connectivity index is 2.98. The van der Waals surface area contributed by atoms with Gasteiger partial charge in [0.2, 0.25) is 0 Å². The predicted molar refractivity (Wildman–Crippen MR) is 88.3 cm³/mol. The van der Waals surface area contributed by atoms with Crippen LogP contribution < -0.4 is 11.3 Å². The van der Waals surface area contributed by atoms with Gasteiger partial charge in [-0.2, -0.15) is 13.2 Å². The predicted octanol–water partition coefficient (Wildman–Crippen LogP) is 1.71. The van der Waals surface area contributed by atoms with Gasteiger partial charge in [0.15, 0.2) is 4.77 Å². The number of nitrogens with two attached hydrogens (primary N) is 1. The number of aromatic amines is 1. The number of alkyl halides is 3. The van der Waals surface area contributed by atoms with Crippen molar-refractivity contribution >= 4 is 24.0 Å². The molecule has 2 rings (SSSR count). The largest absolute Gasteiger partial charge is 0.466 e. The van der Waals surface area contributed by atoms with Gasteiger partial charge in [0.1, 0.15) is 11.4 Å². The standard InChI is InChI=1S/C15H14F3N3O4S/c1-7-5-3-4-6-8(7)21-10(19)9(11(22)20-13(21)26)14(24,12(23)25-2)15(16,17)18/h3-6,24H,19H2,1-2H3,(H,20,22,26). The lowest BCUT2D eigenvalue weighted by Crippen LogP contribution is -2.53. The number of hydrogen-bond donors (Lipinski definition) is 3. The number of rotatable bonds is 3. The van der Waals surface area contributed by atoms with Crippen LogP contribution in [0.25, 0.3) is 5.69 Å². The van der Waals surface area contributed by atoms with E-state index in [0.717, 1.165) is 4.57 Å². The summed E-state index contributed by atoms with van der Waals surface area (Å²) in [6.07, 6.45) is -5.58. The molecule has 1 aromatic heterocycles. The molecule has 0 saturated carbocycles. The van der Waals surface area contributed by atoms with Gasteiger partial charge in [-0.05, 0) is 30.8 Å². The highest BCUT2D eigenvalue weighted by Crippen LogP contribution is 2.41. The minimum atomic E-state index is -5.58. The summed E-state index contributed by atoms with van der Waals surface area (Å²) in [6, 6.07) is 6.38. The molecule has 0 saturated heterocycles. The number of benzene rings is 1. The van der Waals surface area contributed by atoms with E-state index in [1.165, 1.54) is 6.07 Å². The summed E-state index contributed by atoms with van der Waals surface area (Å²) in [5.41, 5.74) is -0.543. The smallest absolute Gasteiger partial charge is 0.432 e. The fraction of sp³-hybridized carbons (Fsp3) is 0.267. The van der Waals surface area contributed by atoms with Crippen molar-refractivity contribution in [1.29, 1.82) is 0 Å². The number of carbonyl (C=O) groups excluding carboxylic acids is 1. The molecular formula is C15H14F3N3O4S. The lowest BCUT2D eigenvalue weighted by molar-refractivity contribution is -0.267. The maximum Gasteiger partial charge on any atom is 0.432 e. The quantitative estimate of drug-likeness (QED) is 0.545. The van der Waals surface area contributed by atoms with Crippen LogP contribution >= 0.6 is 12.2 Å². The van der Waals surface area contributed by atoms with E-state index < -0.39 is 34.7 Å². The van der Waals surface area contributed by atoms with E-state index in [2.05, 4.69) is 4.74 Å². The van der Waals surface area contributed by atoms with Crippen LogP contribution in [0.5, 0.6) is 0 Å². The van der Waals surface area contributed by atoms with Crippen LogP contribution in [0.4, 0.5) is 19.0 Å². The summed E-state index contributed by atoms with van der Waals surface area (Å²) in [6.45, 7) is 1.64. The molecule has 2 aromatic rings. The Morgan fingerprint density at radius 3 is 2.42 bits per heavy atom. The average Bonchev–Trinajstić information content (AvgIpc) is 2.54. The van der Waals surface area contributed by atoms with Crippen molar-refractivity contribution in [2.45, 2.75) is 18.7 Å². The van der Waals surface area contributed by atoms with Crippen molar-refractivity contribution < 1.29 is 27.8 Å². The first-order valence-corrected chi connectivity index (χ1v) is 7.46. The SMILES string of the molecule is COC(=O)C(O)(c1c(N)n(-c2ccccc2C)c(=S)[nH]c1=O)C(F)(F)F. The Kier molecular flexibility index (Phi) is 4.97. The highest BCUT2D eigenvalue weighted by Gasteiger charge is 2.64. The number of carbonyl (C=O) groups is 1. The number of aromatic nitrogens is 2. The number of halogens is 3. The van der Waals surface area contributed by atoms with Gasteiger partial charge in [-0.1, -0.05) is 18.2 Å². The second kappa shape index (κ2) is 6.57. The zero-order valence-electron chi connectivity index (χ0n) is 13.5. The molecule has 0 aliphatic rings. The van der Waals surface area contributed by atoms with Gasteiger partial charge in [0, 0.05) is 0 Å². The fourth-order valence-electron chi connectivity index (χ4n) is 2.46. The van der Waals surface area contributed by atoms with E-state index in [-0.39, 0.29) is 10.5 Å². The number of para-hydroxylation sites is 1. The number of nitrogens with one attached hydrogen (secondary N) is 1. The topological polar surface area (TPSA) is 110 Å². The van der Waals surface area contributed by atoms with Gasteiger partial charge in [0.05, 0.1) is 12.8 Å². The van der Waals surface area contributed by atoms with Gasteiger partial charge in [0.25, 0.3) is 11.2 Å². The van der Waals surface area contributed by atoms with E-state index in [9.17, 15) is 27.9 Å². The summed E-state index contributed by atoms with van der Waals surface area (Å²) in [7, 11) is 0.639. The molecule has 0 aliphatic carbocycles. The zero-order chi connectivity index (χ0) is 19.9. The molecule has 0 bridgehead atoms. The van der Waals surface area contributed by atoms with Crippen molar-refractivity contribution in [2.75, 3.05) is 12.8 Å². The lowest BCUT2D eigenvalue weighted by Gasteiger charge is -2.29. The van der Waals surface area contributed by atoms with E-state index in [1.54, 1.807) is 25.1 Å². The molecule has 0 amide bonds. The number of H-pyrrole nitrogens is 1. The summed E-state index contributed by atoms with van der Waals surface area (Å²) in [5.74, 6) is -2.94. The zero-order valence-corrected chi connectivity index (χ0v) is 14.4. The second-order valence-corrected chi connectivity index (χ2v) is 5.73. The van der Waals surface area contributed by atoms with Crippen LogP contribution in [0.15, 0.2) is 29.1 Å². The Morgan fingerprint density at radius 1 is 1.35 bits per heavy atom. The Morgan fingerprint density at radius 2 is 1.92 bits per heavy atom. The molecule has 7 nitrogen and oxygen atoms in total. The van der Waals surface area contributed by atoms with Crippen LogP contribution in [-0.4, -0.2) is 33.9 Å². The molecule has 1 heterocycles. The number of esters is 1. The van der Waals surface area contributed by atoms with Gasteiger partial charge in [-0.25, -0.2) is 4.79 Å². The van der Waals surface area contributed by atoms with Crippen molar-refractivity contribution in [2.24, 2.45) is 0 Å². The minimum absolute atomic E-state index is 0.266. The highest BCUT2D eigenvalue weighted by atomic mass is 32.1. The molecule has 4 N–H and O–H groups in total. The maximum absolute atomic E-state index is 13.5. The van der Waals surface area contributed by atoms with Crippen LogP contribution in [0.3, 0.4) is 0 Å². The highest BCUT2D eigenvalue weighted by molar-refractivity contribution is 7.71. The molecule has 0 radical (unpaired) electrons. The summed E-state index contributed by atoms with van der Waals surface area (Å²) in [5, 5.41) is 10.1. The molecule has 1 atom stereocenters. The molecule has 140 valence electrons. The first kappa shape index (κ1) is 19.7. The number of anilines is 1. The molecule has 0 aliphatic heterocycles. The maximum atomic E-state index is 13.5. The molecule has 26 heavy (non-hydrogen) atoms. The van der Waals surface area contributed by atoms with Crippen LogP contribution in [0.2, 0.25) is 0 Å². The van der Waals surface area contributed by atoms with Crippen LogP contribution in [-0.2, 0) is 15.1 Å². The molecule has 1 aromatic carbocycles. The fourth-order valence-corrected chi connectivity index (χ4v) is 2.75. The van der Waals surface area contributed by atoms with E-state index in [1.807, 2.05) is 4.98 Å². The third-order valence-corrected chi connectivity index (χ3v) is 4.04. The van der Waals surface area contributed by atoms with Crippen molar-refractivity contribution in [3.8, 4) is 5.69 Å². The first-order valence-electron chi connectivity index (χ1n) is 7.05. The normalized spacial score (nSPS) is 13.9. The molecule has 11 heteroatoms. The van der Waals surface area contributed by atoms with Crippen molar-refractivity contribution in [3.63, 3.8) is 0 Å². The summed E-state index contributed by atoms with van der Waals surface area (Å²) >= 11 is 4.99. The molecular weight excluding hydrogens is 375 g/mol. The minimum Gasteiger partial charge on any atom is -0.466 e. The number of nitrogens with zero attached hydrogens (tertiary/aromatic N) is 1. The van der Waals surface area contributed by atoms with Gasteiger partial charge >= 0.3 is 12.1 Å². The van der Waals surface area contributed by atoms with Gasteiger partial charge in [-0.3, -0.25) is 14.3 Å². The Labute approximate surface area is 149 Å².